The molecule has 2 aliphatic rings. The highest BCUT2D eigenvalue weighted by Crippen LogP contribution is 2.19. The number of nitrogens with zero attached hydrogens (tertiary/aromatic N) is 6. The van der Waals surface area contributed by atoms with Crippen molar-refractivity contribution in [1.82, 2.24) is 27.7 Å². The van der Waals surface area contributed by atoms with Crippen LogP contribution in [0.1, 0.15) is 13.8 Å². The van der Waals surface area contributed by atoms with Gasteiger partial charge in [0.2, 0.25) is 4.77 Å². The molecule has 0 radical (unpaired) electrons. The molecule has 9 nitrogen and oxygen atoms in total. The van der Waals surface area contributed by atoms with E-state index < -0.39 is 10.2 Å². The summed E-state index contributed by atoms with van der Waals surface area (Å²) in [4.78, 5) is 2.18. The van der Waals surface area contributed by atoms with E-state index in [2.05, 4.69) is 10.00 Å². The average Bonchev–Trinajstić information content (AvgIpc) is 2.97. The van der Waals surface area contributed by atoms with Crippen molar-refractivity contribution in [2.45, 2.75) is 32.7 Å². The molecule has 0 unspecified atom stereocenters. The van der Waals surface area contributed by atoms with Crippen LogP contribution < -0.4 is 0 Å². The van der Waals surface area contributed by atoms with E-state index in [1.54, 1.807) is 13.3 Å². The van der Waals surface area contributed by atoms with Crippen LogP contribution in [0.2, 0.25) is 0 Å². The molecule has 0 aliphatic carbocycles. The van der Waals surface area contributed by atoms with Crippen LogP contribution in [0.4, 0.5) is 0 Å². The maximum Gasteiger partial charge on any atom is 0.282 e. The van der Waals surface area contributed by atoms with Crippen LogP contribution in [0, 0.1) is 4.77 Å². The fraction of sp³-hybridized carbons (Fsp3) is 0.647. The molecule has 2 aromatic rings. The first-order chi connectivity index (χ1) is 13.3. The van der Waals surface area contributed by atoms with Crippen LogP contribution in [0.3, 0.4) is 0 Å². The number of hydrogen-bond acceptors (Lipinski definition) is 6. The van der Waals surface area contributed by atoms with Crippen molar-refractivity contribution in [3.05, 3.63) is 29.2 Å². The summed E-state index contributed by atoms with van der Waals surface area (Å²) in [7, 11) is -3.46. The van der Waals surface area contributed by atoms with Crippen LogP contribution in [0.25, 0.3) is 5.65 Å². The van der Waals surface area contributed by atoms with Crippen molar-refractivity contribution in [2.75, 3.05) is 39.3 Å². The van der Waals surface area contributed by atoms with Gasteiger partial charge in [-0.05, 0) is 38.2 Å². The molecule has 0 bridgehead atoms. The van der Waals surface area contributed by atoms with E-state index in [0.717, 1.165) is 5.65 Å². The lowest BCUT2D eigenvalue weighted by atomic mass is 10.3. The van der Waals surface area contributed by atoms with Gasteiger partial charge in [-0.1, -0.05) is 6.07 Å². The van der Waals surface area contributed by atoms with Gasteiger partial charge < -0.3 is 4.74 Å². The third kappa shape index (κ3) is 3.87. The molecule has 2 saturated heterocycles. The lowest BCUT2D eigenvalue weighted by Crippen LogP contribution is -2.57. The topological polar surface area (TPSA) is 75.3 Å². The first kappa shape index (κ1) is 19.9. The summed E-state index contributed by atoms with van der Waals surface area (Å²) >= 11 is 5.50. The van der Waals surface area contributed by atoms with Gasteiger partial charge in [-0.2, -0.15) is 22.1 Å². The highest BCUT2D eigenvalue weighted by Gasteiger charge is 2.36. The lowest BCUT2D eigenvalue weighted by Gasteiger charge is -2.40. The molecule has 154 valence electrons. The molecule has 28 heavy (non-hydrogen) atoms. The number of ether oxygens (including phenoxy) is 1. The Balaban J connectivity index is 1.40. The van der Waals surface area contributed by atoms with Crippen molar-refractivity contribution < 1.29 is 13.2 Å². The Hall–Kier alpha value is -1.37. The van der Waals surface area contributed by atoms with Crippen LogP contribution in [-0.2, 0) is 21.6 Å². The third-order valence-electron chi connectivity index (χ3n) is 5.19. The molecule has 0 aromatic carbocycles. The standard InChI is InChI=1S/C17H26N6O3S2/c1-14-11-21(12-15(2)26-14)28(24,25)20-9-7-19(8-10-20)13-23-17(27)22-6-4-3-5-16(22)18-23/h3-6,14-15H,7-13H2,1-2H3/t14-,15-/m0/s1. The molecule has 0 N–H and O–H groups in total. The van der Waals surface area contributed by atoms with E-state index in [9.17, 15) is 8.42 Å². The van der Waals surface area contributed by atoms with Crippen molar-refractivity contribution in [3.63, 3.8) is 0 Å². The van der Waals surface area contributed by atoms with Gasteiger partial charge in [-0.15, -0.1) is 0 Å². The summed E-state index contributed by atoms with van der Waals surface area (Å²) in [5.41, 5.74) is 0.810. The zero-order valence-electron chi connectivity index (χ0n) is 16.1. The SMILES string of the molecule is C[C@H]1CN(S(=O)(=O)N2CCN(Cn3nc4ccccn4c3=S)CC2)C[C@H](C)O1. The van der Waals surface area contributed by atoms with Crippen LogP contribution in [0.15, 0.2) is 24.4 Å². The Labute approximate surface area is 170 Å². The summed E-state index contributed by atoms with van der Waals surface area (Å²) in [5, 5.41) is 4.54. The number of hydrogen-bond donors (Lipinski definition) is 0. The van der Waals surface area contributed by atoms with E-state index in [-0.39, 0.29) is 12.2 Å². The van der Waals surface area contributed by atoms with E-state index in [0.29, 0.717) is 50.7 Å². The van der Waals surface area contributed by atoms with Crippen molar-refractivity contribution in [2.24, 2.45) is 0 Å². The molecule has 4 heterocycles. The largest absolute Gasteiger partial charge is 0.373 e. The van der Waals surface area contributed by atoms with Crippen molar-refractivity contribution in [3.8, 4) is 0 Å². The number of aromatic nitrogens is 3. The van der Waals surface area contributed by atoms with E-state index in [4.69, 9.17) is 17.0 Å². The number of piperazine rings is 1. The van der Waals surface area contributed by atoms with Gasteiger partial charge in [-0.3, -0.25) is 9.30 Å². The van der Waals surface area contributed by atoms with E-state index in [1.807, 2.05) is 42.6 Å². The van der Waals surface area contributed by atoms with Gasteiger partial charge in [0.1, 0.15) is 0 Å². The van der Waals surface area contributed by atoms with Gasteiger partial charge in [-0.25, -0.2) is 4.68 Å². The average molecular weight is 427 g/mol. The number of pyridine rings is 1. The summed E-state index contributed by atoms with van der Waals surface area (Å²) in [6.45, 7) is 7.40. The summed E-state index contributed by atoms with van der Waals surface area (Å²) < 4.78 is 39.1. The summed E-state index contributed by atoms with van der Waals surface area (Å²) in [6.07, 6.45) is 1.73. The van der Waals surface area contributed by atoms with Crippen LogP contribution in [-0.4, -0.2) is 87.6 Å². The monoisotopic (exact) mass is 426 g/mol. The Bertz CT molecular complexity index is 986. The minimum atomic E-state index is -3.46. The van der Waals surface area contributed by atoms with E-state index in [1.165, 1.54) is 0 Å². The maximum atomic E-state index is 13.0. The predicted octanol–water partition coefficient (Wildman–Crippen LogP) is 0.794. The van der Waals surface area contributed by atoms with Gasteiger partial charge in [0.05, 0.1) is 18.9 Å². The molecule has 0 saturated carbocycles. The Kier molecular flexibility index (Phi) is 5.55. The quantitative estimate of drug-likeness (QED) is 0.673. The minimum absolute atomic E-state index is 0.0864. The first-order valence-electron chi connectivity index (χ1n) is 9.52. The third-order valence-corrected chi connectivity index (χ3v) is 7.57. The fourth-order valence-corrected chi connectivity index (χ4v) is 5.83. The second-order valence-corrected chi connectivity index (χ2v) is 9.75. The minimum Gasteiger partial charge on any atom is -0.373 e. The smallest absolute Gasteiger partial charge is 0.282 e. The summed E-state index contributed by atoms with van der Waals surface area (Å²) in [5.74, 6) is 0. The molecule has 2 aliphatic heterocycles. The molecular formula is C17H26N6O3S2. The predicted molar refractivity (Wildman–Crippen MR) is 108 cm³/mol. The zero-order valence-corrected chi connectivity index (χ0v) is 17.8. The fourth-order valence-electron chi connectivity index (χ4n) is 3.83. The molecule has 2 aromatic heterocycles. The molecule has 0 amide bonds. The van der Waals surface area contributed by atoms with Crippen LogP contribution >= 0.6 is 12.2 Å². The van der Waals surface area contributed by atoms with Gasteiger partial charge in [0.15, 0.2) is 5.65 Å². The Morgan fingerprint density at radius 2 is 1.79 bits per heavy atom. The molecule has 0 spiro atoms. The second kappa shape index (κ2) is 7.81. The van der Waals surface area contributed by atoms with E-state index >= 15 is 0 Å². The normalized spacial score (nSPS) is 26.1. The number of rotatable bonds is 4. The molecule has 4 rings (SSSR count). The molecule has 2 fully saturated rings. The van der Waals surface area contributed by atoms with Gasteiger partial charge in [0, 0.05) is 45.5 Å². The second-order valence-electron chi connectivity index (χ2n) is 7.45. The number of morpholine rings is 1. The summed E-state index contributed by atoms with van der Waals surface area (Å²) in [6, 6.07) is 5.77. The van der Waals surface area contributed by atoms with Crippen molar-refractivity contribution >= 4 is 28.1 Å². The highest BCUT2D eigenvalue weighted by atomic mass is 32.2. The first-order valence-corrected chi connectivity index (χ1v) is 11.3. The molecule has 11 heteroatoms. The molecule has 2 atom stereocenters. The number of fused-ring (bicyclic) bond motifs is 1. The molecular weight excluding hydrogens is 400 g/mol. The van der Waals surface area contributed by atoms with Crippen molar-refractivity contribution in [1.29, 1.82) is 0 Å². The van der Waals surface area contributed by atoms with Gasteiger partial charge >= 0.3 is 0 Å². The van der Waals surface area contributed by atoms with Gasteiger partial charge in [0.25, 0.3) is 10.2 Å². The lowest BCUT2D eigenvalue weighted by molar-refractivity contribution is -0.0458. The van der Waals surface area contributed by atoms with Crippen LogP contribution in [0.5, 0.6) is 0 Å². The Morgan fingerprint density at radius 1 is 1.11 bits per heavy atom. The Morgan fingerprint density at radius 3 is 2.43 bits per heavy atom. The zero-order chi connectivity index (χ0) is 19.9. The maximum absolute atomic E-state index is 13.0. The highest BCUT2D eigenvalue weighted by molar-refractivity contribution is 7.86.